The Bertz CT molecular complexity index is 386. The highest BCUT2D eigenvalue weighted by Gasteiger charge is 2.01. The first-order valence-electron chi connectivity index (χ1n) is 5.32. The molecule has 1 aromatic rings. The smallest absolute Gasteiger partial charge is 0.193 e. The van der Waals surface area contributed by atoms with Crippen molar-refractivity contribution in [2.45, 2.75) is 20.8 Å². The Balaban J connectivity index is 2.72. The van der Waals surface area contributed by atoms with Crippen LogP contribution in [0.5, 0.6) is 0 Å². The molecule has 16 heavy (non-hydrogen) atoms. The lowest BCUT2D eigenvalue weighted by Crippen LogP contribution is -2.23. The van der Waals surface area contributed by atoms with Crippen molar-refractivity contribution in [2.24, 2.45) is 16.6 Å². The number of halogens is 1. The Kier molecular flexibility index (Phi) is 4.62. The topological polar surface area (TPSA) is 50.4 Å². The van der Waals surface area contributed by atoms with E-state index < -0.39 is 0 Å². The summed E-state index contributed by atoms with van der Waals surface area (Å²) in [5.74, 6) is 0.898. The van der Waals surface area contributed by atoms with E-state index in [0.717, 1.165) is 11.3 Å². The van der Waals surface area contributed by atoms with Gasteiger partial charge in [0.1, 0.15) is 0 Å². The number of hydrogen-bond donors (Lipinski definition) is 2. The summed E-state index contributed by atoms with van der Waals surface area (Å²) in [6.45, 7) is 6.90. The summed E-state index contributed by atoms with van der Waals surface area (Å²) < 4.78 is 0. The zero-order chi connectivity index (χ0) is 12.1. The number of nitrogens with zero attached hydrogens (tertiary/aromatic N) is 1. The van der Waals surface area contributed by atoms with Gasteiger partial charge in [-0.25, -0.2) is 0 Å². The van der Waals surface area contributed by atoms with Crippen molar-refractivity contribution in [3.8, 4) is 0 Å². The van der Waals surface area contributed by atoms with E-state index in [2.05, 4.69) is 24.2 Å². The second kappa shape index (κ2) is 5.75. The minimum Gasteiger partial charge on any atom is -0.370 e. The Morgan fingerprint density at radius 2 is 2.19 bits per heavy atom. The molecule has 0 spiro atoms. The van der Waals surface area contributed by atoms with Crippen LogP contribution < -0.4 is 11.1 Å². The van der Waals surface area contributed by atoms with Crippen LogP contribution in [0.25, 0.3) is 0 Å². The number of benzene rings is 1. The lowest BCUT2D eigenvalue weighted by molar-refractivity contribution is 0.665. The van der Waals surface area contributed by atoms with Crippen LogP contribution in [0.15, 0.2) is 23.2 Å². The number of aryl methyl sites for hydroxylation is 1. The van der Waals surface area contributed by atoms with Crippen LogP contribution >= 0.6 is 11.6 Å². The van der Waals surface area contributed by atoms with Crippen LogP contribution in [0, 0.1) is 12.8 Å². The number of nitrogens with one attached hydrogen (secondary N) is 1. The molecule has 0 atom stereocenters. The molecule has 0 saturated carbocycles. The highest BCUT2D eigenvalue weighted by molar-refractivity contribution is 6.33. The van der Waals surface area contributed by atoms with Gasteiger partial charge in [0.15, 0.2) is 5.96 Å². The maximum absolute atomic E-state index is 6.03. The Labute approximate surface area is 102 Å². The molecular weight excluding hydrogens is 222 g/mol. The summed E-state index contributed by atoms with van der Waals surface area (Å²) in [4.78, 5) is 4.21. The molecular formula is C12H18ClN3. The monoisotopic (exact) mass is 239 g/mol. The SMILES string of the molecule is Cc1ccc(Cl)c(NC(N)=NCC(C)C)c1. The van der Waals surface area contributed by atoms with Crippen LogP contribution in [0.1, 0.15) is 19.4 Å². The first-order chi connectivity index (χ1) is 7.49. The van der Waals surface area contributed by atoms with Gasteiger partial charge in [0.05, 0.1) is 10.7 Å². The minimum atomic E-state index is 0.404. The Hall–Kier alpha value is -1.22. The van der Waals surface area contributed by atoms with Crippen molar-refractivity contribution < 1.29 is 0 Å². The maximum atomic E-state index is 6.03. The Morgan fingerprint density at radius 1 is 1.50 bits per heavy atom. The van der Waals surface area contributed by atoms with E-state index in [1.54, 1.807) is 0 Å². The van der Waals surface area contributed by atoms with Gasteiger partial charge in [-0.2, -0.15) is 0 Å². The lowest BCUT2D eigenvalue weighted by atomic mass is 10.2. The van der Waals surface area contributed by atoms with Crippen molar-refractivity contribution >= 4 is 23.2 Å². The number of anilines is 1. The average molecular weight is 240 g/mol. The predicted molar refractivity (Wildman–Crippen MR) is 71.1 cm³/mol. The zero-order valence-electron chi connectivity index (χ0n) is 9.92. The van der Waals surface area contributed by atoms with Gasteiger partial charge in [0.2, 0.25) is 0 Å². The summed E-state index contributed by atoms with van der Waals surface area (Å²) in [6, 6.07) is 5.74. The zero-order valence-corrected chi connectivity index (χ0v) is 10.7. The fraction of sp³-hybridized carbons (Fsp3) is 0.417. The molecule has 0 aromatic heterocycles. The third-order valence-electron chi connectivity index (χ3n) is 2.01. The van der Waals surface area contributed by atoms with Gasteiger partial charge >= 0.3 is 0 Å². The molecule has 0 aliphatic carbocycles. The van der Waals surface area contributed by atoms with E-state index in [9.17, 15) is 0 Å². The fourth-order valence-corrected chi connectivity index (χ4v) is 1.36. The molecule has 0 fully saturated rings. The van der Waals surface area contributed by atoms with Gasteiger partial charge in [-0.1, -0.05) is 31.5 Å². The molecule has 0 bridgehead atoms. The van der Waals surface area contributed by atoms with E-state index in [0.29, 0.717) is 23.4 Å². The molecule has 0 saturated heterocycles. The second-order valence-corrected chi connectivity index (χ2v) is 4.64. The molecule has 1 rings (SSSR count). The van der Waals surface area contributed by atoms with Gasteiger partial charge in [-0.15, -0.1) is 0 Å². The van der Waals surface area contributed by atoms with Crippen molar-refractivity contribution in [3.05, 3.63) is 28.8 Å². The number of guanidine groups is 1. The van der Waals surface area contributed by atoms with Crippen molar-refractivity contribution in [1.29, 1.82) is 0 Å². The summed E-state index contributed by atoms with van der Waals surface area (Å²) in [6.07, 6.45) is 0. The van der Waals surface area contributed by atoms with Crippen LogP contribution in [-0.2, 0) is 0 Å². The van der Waals surface area contributed by atoms with Crippen LogP contribution in [0.2, 0.25) is 5.02 Å². The summed E-state index contributed by atoms with van der Waals surface area (Å²) >= 11 is 6.03. The van der Waals surface area contributed by atoms with E-state index in [1.165, 1.54) is 0 Å². The molecule has 0 amide bonds. The van der Waals surface area contributed by atoms with Gasteiger partial charge < -0.3 is 11.1 Å². The molecule has 3 N–H and O–H groups in total. The van der Waals surface area contributed by atoms with Crippen molar-refractivity contribution in [1.82, 2.24) is 0 Å². The third kappa shape index (κ3) is 4.11. The van der Waals surface area contributed by atoms with Gasteiger partial charge in [0.25, 0.3) is 0 Å². The summed E-state index contributed by atoms with van der Waals surface area (Å²) in [5, 5.41) is 3.65. The maximum Gasteiger partial charge on any atom is 0.193 e. The second-order valence-electron chi connectivity index (χ2n) is 4.23. The highest BCUT2D eigenvalue weighted by atomic mass is 35.5. The van der Waals surface area contributed by atoms with Crippen LogP contribution in [0.3, 0.4) is 0 Å². The molecule has 3 nitrogen and oxygen atoms in total. The Morgan fingerprint density at radius 3 is 2.81 bits per heavy atom. The number of nitrogens with two attached hydrogens (primary N) is 1. The standard InChI is InChI=1S/C12H18ClN3/c1-8(2)7-15-12(14)16-11-6-9(3)4-5-10(11)13/h4-6,8H,7H2,1-3H3,(H3,14,15,16). The fourth-order valence-electron chi connectivity index (χ4n) is 1.19. The van der Waals surface area contributed by atoms with E-state index >= 15 is 0 Å². The molecule has 0 radical (unpaired) electrons. The summed E-state index contributed by atoms with van der Waals surface area (Å²) in [5.41, 5.74) is 7.68. The molecule has 88 valence electrons. The number of aliphatic imine (C=N–C) groups is 1. The molecule has 0 heterocycles. The molecule has 0 unspecified atom stereocenters. The lowest BCUT2D eigenvalue weighted by Gasteiger charge is -2.09. The number of hydrogen-bond acceptors (Lipinski definition) is 1. The van der Waals surface area contributed by atoms with Crippen LogP contribution in [0.4, 0.5) is 5.69 Å². The van der Waals surface area contributed by atoms with E-state index in [4.69, 9.17) is 17.3 Å². The van der Waals surface area contributed by atoms with E-state index in [-0.39, 0.29) is 0 Å². The van der Waals surface area contributed by atoms with Gasteiger partial charge in [-0.05, 0) is 30.5 Å². The van der Waals surface area contributed by atoms with Crippen molar-refractivity contribution in [2.75, 3.05) is 11.9 Å². The highest BCUT2D eigenvalue weighted by Crippen LogP contribution is 2.22. The molecule has 4 heteroatoms. The molecule has 0 aliphatic heterocycles. The van der Waals surface area contributed by atoms with Gasteiger partial charge in [0, 0.05) is 6.54 Å². The quantitative estimate of drug-likeness (QED) is 0.629. The molecule has 1 aromatic carbocycles. The first-order valence-corrected chi connectivity index (χ1v) is 5.70. The van der Waals surface area contributed by atoms with Gasteiger partial charge in [-0.3, -0.25) is 4.99 Å². The van der Waals surface area contributed by atoms with Crippen LogP contribution in [-0.4, -0.2) is 12.5 Å². The van der Waals surface area contributed by atoms with Crippen molar-refractivity contribution in [3.63, 3.8) is 0 Å². The number of rotatable bonds is 3. The predicted octanol–water partition coefficient (Wildman–Crippen LogP) is 3.03. The largest absolute Gasteiger partial charge is 0.370 e. The normalized spacial score (nSPS) is 11.9. The third-order valence-corrected chi connectivity index (χ3v) is 2.34. The average Bonchev–Trinajstić information content (AvgIpc) is 2.20. The molecule has 0 aliphatic rings. The minimum absolute atomic E-state index is 0.404. The first kappa shape index (κ1) is 12.8. The van der Waals surface area contributed by atoms with E-state index in [1.807, 2.05) is 25.1 Å². The summed E-state index contributed by atoms with van der Waals surface area (Å²) in [7, 11) is 0.